The summed E-state index contributed by atoms with van der Waals surface area (Å²) in [7, 11) is 0. The summed E-state index contributed by atoms with van der Waals surface area (Å²) in [4.78, 5) is 14.4. The third-order valence-electron chi connectivity index (χ3n) is 4.64. The topological polar surface area (TPSA) is 32.3 Å². The van der Waals surface area contributed by atoms with Crippen LogP contribution in [0.5, 0.6) is 0 Å². The normalized spacial score (nSPS) is 32.4. The highest BCUT2D eigenvalue weighted by Crippen LogP contribution is 2.33. The first-order valence-corrected chi connectivity index (χ1v) is 7.25. The monoisotopic (exact) mass is 238 g/mol. The highest BCUT2D eigenvalue weighted by molar-refractivity contribution is 5.84. The summed E-state index contributed by atoms with van der Waals surface area (Å²) in [5.41, 5.74) is 0. The van der Waals surface area contributed by atoms with E-state index in [1.165, 1.54) is 25.7 Å². The van der Waals surface area contributed by atoms with Crippen LogP contribution in [0.2, 0.25) is 0 Å². The molecule has 1 saturated heterocycles. The van der Waals surface area contributed by atoms with Crippen molar-refractivity contribution in [3.8, 4) is 0 Å². The third kappa shape index (κ3) is 2.35. The number of nitrogens with zero attached hydrogens (tertiary/aromatic N) is 1. The molecular formula is C14H26N2O. The highest BCUT2D eigenvalue weighted by atomic mass is 16.2. The second-order valence-electron chi connectivity index (χ2n) is 5.64. The first-order chi connectivity index (χ1) is 8.19. The van der Waals surface area contributed by atoms with Gasteiger partial charge < -0.3 is 4.90 Å². The Labute approximate surface area is 105 Å². The van der Waals surface area contributed by atoms with Crippen LogP contribution in [0.15, 0.2) is 0 Å². The van der Waals surface area contributed by atoms with Gasteiger partial charge in [0, 0.05) is 6.54 Å². The van der Waals surface area contributed by atoms with Crippen molar-refractivity contribution in [3.05, 3.63) is 0 Å². The largest absolute Gasteiger partial charge is 0.326 e. The molecule has 3 heteroatoms. The van der Waals surface area contributed by atoms with E-state index in [2.05, 4.69) is 31.0 Å². The van der Waals surface area contributed by atoms with Gasteiger partial charge in [0.25, 0.3) is 0 Å². The molecule has 0 aromatic carbocycles. The molecule has 1 aliphatic carbocycles. The Bertz CT molecular complexity index is 273. The molecule has 1 amide bonds. The van der Waals surface area contributed by atoms with Gasteiger partial charge in [0.2, 0.25) is 5.91 Å². The summed E-state index contributed by atoms with van der Waals surface area (Å²) in [6, 6.07) is 0.0607. The van der Waals surface area contributed by atoms with Gasteiger partial charge in [-0.05, 0) is 31.6 Å². The van der Waals surface area contributed by atoms with Crippen molar-refractivity contribution >= 4 is 5.91 Å². The van der Waals surface area contributed by atoms with E-state index in [0.717, 1.165) is 13.0 Å². The Balaban J connectivity index is 2.09. The Morgan fingerprint density at radius 2 is 2.00 bits per heavy atom. The van der Waals surface area contributed by atoms with E-state index < -0.39 is 0 Å². The number of hydrogen-bond acceptors (Lipinski definition) is 2. The zero-order valence-corrected chi connectivity index (χ0v) is 11.4. The lowest BCUT2D eigenvalue weighted by Crippen LogP contribution is -2.42. The smallest absolute Gasteiger partial charge is 0.241 e. The van der Waals surface area contributed by atoms with Gasteiger partial charge >= 0.3 is 0 Å². The van der Waals surface area contributed by atoms with Crippen molar-refractivity contribution in [1.29, 1.82) is 0 Å². The molecule has 1 N–H and O–H groups in total. The van der Waals surface area contributed by atoms with Gasteiger partial charge in [0.15, 0.2) is 0 Å². The molecule has 0 aromatic rings. The number of carbonyl (C=O) groups excluding carboxylic acids is 1. The van der Waals surface area contributed by atoms with Gasteiger partial charge in [0.05, 0.1) is 12.2 Å². The molecule has 3 unspecified atom stereocenters. The van der Waals surface area contributed by atoms with Crippen LogP contribution in [-0.4, -0.2) is 29.6 Å². The van der Waals surface area contributed by atoms with Crippen molar-refractivity contribution in [2.45, 2.75) is 65.1 Å². The van der Waals surface area contributed by atoms with Crippen molar-refractivity contribution in [3.63, 3.8) is 0 Å². The van der Waals surface area contributed by atoms with Gasteiger partial charge in [-0.25, -0.2) is 0 Å². The molecule has 0 spiro atoms. The quantitative estimate of drug-likeness (QED) is 0.815. The zero-order chi connectivity index (χ0) is 12.4. The molecule has 2 fully saturated rings. The molecule has 17 heavy (non-hydrogen) atoms. The maximum absolute atomic E-state index is 12.4. The van der Waals surface area contributed by atoms with Crippen LogP contribution < -0.4 is 5.32 Å². The average molecular weight is 238 g/mol. The minimum Gasteiger partial charge on any atom is -0.326 e. The lowest BCUT2D eigenvalue weighted by Gasteiger charge is -2.27. The van der Waals surface area contributed by atoms with Gasteiger partial charge in [0.1, 0.15) is 0 Å². The third-order valence-corrected chi connectivity index (χ3v) is 4.64. The Morgan fingerprint density at radius 3 is 2.53 bits per heavy atom. The summed E-state index contributed by atoms with van der Waals surface area (Å²) in [5, 5.41) is 3.61. The van der Waals surface area contributed by atoms with E-state index in [0.29, 0.717) is 23.9 Å². The van der Waals surface area contributed by atoms with E-state index in [9.17, 15) is 4.79 Å². The SMILES string of the molecule is CCC(C)C1NC(C2CCCC2)N(CC)C1=O. The van der Waals surface area contributed by atoms with Crippen molar-refractivity contribution in [2.75, 3.05) is 6.54 Å². The number of amides is 1. The number of hydrogen-bond donors (Lipinski definition) is 1. The number of rotatable bonds is 4. The highest BCUT2D eigenvalue weighted by Gasteiger charge is 2.43. The van der Waals surface area contributed by atoms with Gasteiger partial charge in [-0.1, -0.05) is 33.1 Å². The van der Waals surface area contributed by atoms with Crippen LogP contribution >= 0.6 is 0 Å². The number of nitrogens with one attached hydrogen (secondary N) is 1. The maximum atomic E-state index is 12.4. The van der Waals surface area contributed by atoms with Crippen LogP contribution in [0.25, 0.3) is 0 Å². The van der Waals surface area contributed by atoms with Crippen LogP contribution in [0, 0.1) is 11.8 Å². The lowest BCUT2D eigenvalue weighted by atomic mass is 9.99. The van der Waals surface area contributed by atoms with E-state index in [4.69, 9.17) is 0 Å². The Hall–Kier alpha value is -0.570. The molecule has 2 rings (SSSR count). The molecular weight excluding hydrogens is 212 g/mol. The minimum absolute atomic E-state index is 0.0607. The molecule has 1 aliphatic heterocycles. The number of carbonyl (C=O) groups is 1. The predicted molar refractivity (Wildman–Crippen MR) is 69.5 cm³/mol. The van der Waals surface area contributed by atoms with Crippen molar-refractivity contribution in [2.24, 2.45) is 11.8 Å². The molecule has 2 aliphatic rings. The summed E-state index contributed by atoms with van der Waals surface area (Å²) in [6.45, 7) is 7.29. The van der Waals surface area contributed by atoms with Crippen molar-refractivity contribution in [1.82, 2.24) is 10.2 Å². The van der Waals surface area contributed by atoms with E-state index >= 15 is 0 Å². The molecule has 0 bridgehead atoms. The fourth-order valence-corrected chi connectivity index (χ4v) is 3.32. The number of likely N-dealkylation sites (N-methyl/N-ethyl adjacent to an activating group) is 1. The molecule has 3 nitrogen and oxygen atoms in total. The second-order valence-corrected chi connectivity index (χ2v) is 5.64. The molecule has 3 atom stereocenters. The fourth-order valence-electron chi connectivity index (χ4n) is 3.32. The van der Waals surface area contributed by atoms with E-state index in [1.54, 1.807) is 0 Å². The summed E-state index contributed by atoms with van der Waals surface area (Å²) < 4.78 is 0. The second kappa shape index (κ2) is 5.38. The van der Waals surface area contributed by atoms with Crippen LogP contribution in [0.3, 0.4) is 0 Å². The Kier molecular flexibility index (Phi) is 4.08. The van der Waals surface area contributed by atoms with E-state index in [-0.39, 0.29) is 6.04 Å². The average Bonchev–Trinajstić information content (AvgIpc) is 2.95. The fraction of sp³-hybridized carbons (Fsp3) is 0.929. The van der Waals surface area contributed by atoms with Gasteiger partial charge in [-0.3, -0.25) is 10.1 Å². The van der Waals surface area contributed by atoms with Gasteiger partial charge in [-0.2, -0.15) is 0 Å². The standard InChI is InChI=1S/C14H26N2O/c1-4-10(3)12-14(17)16(5-2)13(15-12)11-8-6-7-9-11/h10-13,15H,4-9H2,1-3H3. The first-order valence-electron chi connectivity index (χ1n) is 7.25. The maximum Gasteiger partial charge on any atom is 0.241 e. The molecule has 98 valence electrons. The molecule has 1 saturated carbocycles. The minimum atomic E-state index is 0.0607. The molecule has 0 aromatic heterocycles. The predicted octanol–water partition coefficient (Wildman–Crippen LogP) is 2.37. The first kappa shape index (κ1) is 12.9. The summed E-state index contributed by atoms with van der Waals surface area (Å²) in [5.74, 6) is 1.47. The summed E-state index contributed by atoms with van der Waals surface area (Å²) >= 11 is 0. The zero-order valence-electron chi connectivity index (χ0n) is 11.4. The Morgan fingerprint density at radius 1 is 1.35 bits per heavy atom. The van der Waals surface area contributed by atoms with Crippen LogP contribution in [0.4, 0.5) is 0 Å². The molecule has 0 radical (unpaired) electrons. The summed E-state index contributed by atoms with van der Waals surface area (Å²) in [6.07, 6.45) is 6.63. The lowest BCUT2D eigenvalue weighted by molar-refractivity contribution is -0.131. The van der Waals surface area contributed by atoms with Crippen molar-refractivity contribution < 1.29 is 4.79 Å². The molecule has 1 heterocycles. The van der Waals surface area contributed by atoms with E-state index in [1.807, 2.05) is 0 Å². The van der Waals surface area contributed by atoms with Crippen LogP contribution in [-0.2, 0) is 4.79 Å². The van der Waals surface area contributed by atoms with Gasteiger partial charge in [-0.15, -0.1) is 0 Å². The van der Waals surface area contributed by atoms with Crippen LogP contribution in [0.1, 0.15) is 52.9 Å².